The van der Waals surface area contributed by atoms with Crippen LogP contribution in [-0.2, 0) is 9.53 Å². The minimum absolute atomic E-state index is 0.119. The highest BCUT2D eigenvalue weighted by atomic mass is 16.5. The van der Waals surface area contributed by atoms with Crippen molar-refractivity contribution in [1.82, 2.24) is 10.2 Å². The monoisotopic (exact) mass is 316 g/mol. The summed E-state index contributed by atoms with van der Waals surface area (Å²) < 4.78 is 5.45. The van der Waals surface area contributed by atoms with Crippen LogP contribution >= 0.6 is 0 Å². The maximum absolute atomic E-state index is 12.6. The lowest BCUT2D eigenvalue weighted by atomic mass is 9.93. The van der Waals surface area contributed by atoms with Gasteiger partial charge in [-0.05, 0) is 37.8 Å². The van der Waals surface area contributed by atoms with Crippen molar-refractivity contribution in [3.63, 3.8) is 0 Å². The number of carbonyl (C=O) groups excluding carboxylic acids is 1. The van der Waals surface area contributed by atoms with Crippen LogP contribution in [0.4, 0.5) is 0 Å². The van der Waals surface area contributed by atoms with E-state index in [9.17, 15) is 4.79 Å². The first-order valence-corrected chi connectivity index (χ1v) is 8.97. The topological polar surface area (TPSA) is 41.6 Å². The van der Waals surface area contributed by atoms with Gasteiger partial charge in [-0.25, -0.2) is 0 Å². The fourth-order valence-electron chi connectivity index (χ4n) is 4.08. The lowest BCUT2D eigenvalue weighted by molar-refractivity contribution is -0.125. The molecular weight excluding hydrogens is 288 g/mol. The summed E-state index contributed by atoms with van der Waals surface area (Å²) in [5, 5.41) is 3.08. The van der Waals surface area contributed by atoms with E-state index in [-0.39, 0.29) is 11.8 Å². The Hall–Kier alpha value is -1.39. The number of ether oxygens (including phenoxy) is 1. The number of nitrogens with one attached hydrogen (secondary N) is 1. The third-order valence-electron chi connectivity index (χ3n) is 5.10. The zero-order valence-electron chi connectivity index (χ0n) is 14.0. The average molecular weight is 316 g/mol. The molecule has 2 saturated heterocycles. The lowest BCUT2D eigenvalue weighted by Crippen LogP contribution is -2.38. The second-order valence-corrected chi connectivity index (χ2v) is 6.62. The fourth-order valence-corrected chi connectivity index (χ4v) is 4.08. The second-order valence-electron chi connectivity index (χ2n) is 6.62. The van der Waals surface area contributed by atoms with Crippen LogP contribution in [0.3, 0.4) is 0 Å². The van der Waals surface area contributed by atoms with E-state index in [1.54, 1.807) is 0 Å². The number of hydrogen-bond acceptors (Lipinski definition) is 3. The molecule has 0 radical (unpaired) electrons. The van der Waals surface area contributed by atoms with E-state index in [1.165, 1.54) is 12.0 Å². The van der Waals surface area contributed by atoms with E-state index in [2.05, 4.69) is 47.5 Å². The standard InChI is InChI=1S/C19H28N2O2/c1-2-12-23-13-10-20-19(22)16-14-18(15-7-4-3-5-8-15)21-11-6-9-17(16)21/h3-5,7-8,16-18H,2,6,9-14H2,1H3,(H,20,22)/t16-,17+,18-/m1/s1. The molecule has 1 aromatic carbocycles. The van der Waals surface area contributed by atoms with Gasteiger partial charge in [0.1, 0.15) is 0 Å². The number of rotatable bonds is 7. The molecule has 4 heteroatoms. The maximum atomic E-state index is 12.6. The van der Waals surface area contributed by atoms with Crippen molar-refractivity contribution in [2.24, 2.45) is 5.92 Å². The van der Waals surface area contributed by atoms with Gasteiger partial charge in [0, 0.05) is 25.2 Å². The molecule has 1 N–H and O–H groups in total. The van der Waals surface area contributed by atoms with E-state index in [4.69, 9.17) is 4.74 Å². The third kappa shape index (κ3) is 3.75. The Kier molecular flexibility index (Phi) is 5.68. The predicted octanol–water partition coefficient (Wildman–Crippen LogP) is 2.75. The van der Waals surface area contributed by atoms with Crippen molar-refractivity contribution in [3.05, 3.63) is 35.9 Å². The molecule has 0 aliphatic carbocycles. The van der Waals surface area contributed by atoms with Gasteiger partial charge in [-0.3, -0.25) is 9.69 Å². The molecule has 0 spiro atoms. The van der Waals surface area contributed by atoms with Crippen LogP contribution in [-0.4, -0.2) is 43.2 Å². The maximum Gasteiger partial charge on any atom is 0.224 e. The Balaban J connectivity index is 1.58. The highest BCUT2D eigenvalue weighted by molar-refractivity contribution is 5.80. The smallest absolute Gasteiger partial charge is 0.224 e. The van der Waals surface area contributed by atoms with Gasteiger partial charge in [0.2, 0.25) is 5.91 Å². The Morgan fingerprint density at radius 1 is 1.30 bits per heavy atom. The van der Waals surface area contributed by atoms with Gasteiger partial charge < -0.3 is 10.1 Å². The summed E-state index contributed by atoms with van der Waals surface area (Å²) in [6.45, 7) is 5.22. The first kappa shape index (κ1) is 16.5. The molecule has 0 aromatic heterocycles. The van der Waals surface area contributed by atoms with Crippen LogP contribution in [0.25, 0.3) is 0 Å². The molecule has 126 valence electrons. The molecule has 0 bridgehead atoms. The predicted molar refractivity (Wildman–Crippen MR) is 91.1 cm³/mol. The number of nitrogens with zero attached hydrogens (tertiary/aromatic N) is 1. The largest absolute Gasteiger partial charge is 0.380 e. The molecule has 23 heavy (non-hydrogen) atoms. The number of fused-ring (bicyclic) bond motifs is 1. The van der Waals surface area contributed by atoms with Crippen molar-refractivity contribution in [2.75, 3.05) is 26.3 Å². The van der Waals surface area contributed by atoms with E-state index in [0.717, 1.165) is 32.4 Å². The van der Waals surface area contributed by atoms with Crippen LogP contribution in [0.15, 0.2) is 30.3 Å². The number of hydrogen-bond donors (Lipinski definition) is 1. The Morgan fingerprint density at radius 2 is 2.13 bits per heavy atom. The van der Waals surface area contributed by atoms with Crippen LogP contribution in [0.5, 0.6) is 0 Å². The zero-order valence-corrected chi connectivity index (χ0v) is 14.0. The van der Waals surface area contributed by atoms with Gasteiger partial charge in [0.05, 0.1) is 12.5 Å². The molecule has 2 fully saturated rings. The number of amides is 1. The molecule has 4 nitrogen and oxygen atoms in total. The molecule has 0 saturated carbocycles. The number of benzene rings is 1. The molecule has 2 heterocycles. The Labute approximate surface area is 139 Å². The molecule has 3 rings (SSSR count). The summed E-state index contributed by atoms with van der Waals surface area (Å²) in [4.78, 5) is 15.2. The van der Waals surface area contributed by atoms with E-state index < -0.39 is 0 Å². The van der Waals surface area contributed by atoms with Gasteiger partial charge >= 0.3 is 0 Å². The minimum Gasteiger partial charge on any atom is -0.380 e. The Bertz CT molecular complexity index is 505. The summed E-state index contributed by atoms with van der Waals surface area (Å²) in [5.41, 5.74) is 1.35. The van der Waals surface area contributed by atoms with Crippen molar-refractivity contribution in [3.8, 4) is 0 Å². The first-order chi connectivity index (χ1) is 11.3. The fraction of sp³-hybridized carbons (Fsp3) is 0.632. The lowest BCUT2D eigenvalue weighted by Gasteiger charge is -2.24. The van der Waals surface area contributed by atoms with Gasteiger partial charge in [-0.15, -0.1) is 0 Å². The summed E-state index contributed by atoms with van der Waals surface area (Å²) >= 11 is 0. The molecule has 3 atom stereocenters. The zero-order chi connectivity index (χ0) is 16.1. The quantitative estimate of drug-likeness (QED) is 0.787. The second kappa shape index (κ2) is 7.93. The molecular formula is C19H28N2O2. The van der Waals surface area contributed by atoms with Gasteiger partial charge in [-0.2, -0.15) is 0 Å². The Morgan fingerprint density at radius 3 is 2.91 bits per heavy atom. The summed E-state index contributed by atoms with van der Waals surface area (Å²) in [5.74, 6) is 0.328. The van der Waals surface area contributed by atoms with Crippen LogP contribution in [0.2, 0.25) is 0 Å². The molecule has 1 aromatic rings. The average Bonchev–Trinajstić information content (AvgIpc) is 3.17. The SMILES string of the molecule is CCCOCCNC(=O)[C@@H]1C[C@H](c2ccccc2)N2CCC[C@@H]12. The van der Waals surface area contributed by atoms with Crippen LogP contribution in [0.1, 0.15) is 44.2 Å². The van der Waals surface area contributed by atoms with Crippen LogP contribution < -0.4 is 5.32 Å². The van der Waals surface area contributed by atoms with E-state index in [0.29, 0.717) is 25.2 Å². The summed E-state index contributed by atoms with van der Waals surface area (Å²) in [6, 6.07) is 11.4. The van der Waals surface area contributed by atoms with Crippen molar-refractivity contribution in [2.45, 2.75) is 44.7 Å². The minimum atomic E-state index is 0.119. The highest BCUT2D eigenvalue weighted by Gasteiger charge is 2.46. The van der Waals surface area contributed by atoms with Crippen molar-refractivity contribution < 1.29 is 9.53 Å². The summed E-state index contributed by atoms with van der Waals surface area (Å²) in [7, 11) is 0. The first-order valence-electron chi connectivity index (χ1n) is 8.97. The van der Waals surface area contributed by atoms with E-state index >= 15 is 0 Å². The van der Waals surface area contributed by atoms with Gasteiger partial charge in [0.25, 0.3) is 0 Å². The molecule has 0 unspecified atom stereocenters. The van der Waals surface area contributed by atoms with Gasteiger partial charge in [0.15, 0.2) is 0 Å². The molecule has 2 aliphatic heterocycles. The highest BCUT2D eigenvalue weighted by Crippen LogP contribution is 2.44. The third-order valence-corrected chi connectivity index (χ3v) is 5.10. The summed E-state index contributed by atoms with van der Waals surface area (Å²) in [6.07, 6.45) is 4.31. The van der Waals surface area contributed by atoms with Crippen molar-refractivity contribution in [1.29, 1.82) is 0 Å². The van der Waals surface area contributed by atoms with E-state index in [1.807, 2.05) is 0 Å². The molecule has 2 aliphatic rings. The van der Waals surface area contributed by atoms with Crippen LogP contribution in [0, 0.1) is 5.92 Å². The van der Waals surface area contributed by atoms with Gasteiger partial charge in [-0.1, -0.05) is 37.3 Å². The van der Waals surface area contributed by atoms with Crippen molar-refractivity contribution >= 4 is 5.91 Å². The normalized spacial score (nSPS) is 27.1. The molecule has 1 amide bonds. The number of carbonyl (C=O) groups is 1.